The number of anilines is 1. The molecule has 0 aliphatic carbocycles. The second-order valence-electron chi connectivity index (χ2n) is 6.77. The largest absolute Gasteiger partial charge is 0.368 e. The van der Waals surface area contributed by atoms with Crippen molar-refractivity contribution in [2.45, 2.75) is 6.54 Å². The number of carbonyl (C=O) groups is 1. The van der Waals surface area contributed by atoms with E-state index in [-0.39, 0.29) is 5.91 Å². The summed E-state index contributed by atoms with van der Waals surface area (Å²) >= 11 is 12.2. The van der Waals surface area contributed by atoms with Crippen molar-refractivity contribution in [2.75, 3.05) is 31.1 Å². The van der Waals surface area contributed by atoms with Crippen molar-refractivity contribution in [2.24, 2.45) is 0 Å². The van der Waals surface area contributed by atoms with E-state index < -0.39 is 0 Å². The average molecular weight is 415 g/mol. The van der Waals surface area contributed by atoms with Crippen LogP contribution in [0.4, 0.5) is 5.69 Å². The van der Waals surface area contributed by atoms with Crippen LogP contribution in [0.1, 0.15) is 15.9 Å². The number of halogens is 2. The number of rotatable bonds is 4. The summed E-state index contributed by atoms with van der Waals surface area (Å²) in [6.07, 6.45) is 3.42. The number of piperazine rings is 1. The van der Waals surface area contributed by atoms with Gasteiger partial charge in [-0.25, -0.2) is 0 Å². The highest BCUT2D eigenvalue weighted by atomic mass is 35.5. The van der Waals surface area contributed by atoms with Gasteiger partial charge in [0.25, 0.3) is 5.91 Å². The molecule has 1 saturated heterocycles. The Labute approximate surface area is 174 Å². The molecule has 0 saturated carbocycles. The Balaban J connectivity index is 1.37. The van der Waals surface area contributed by atoms with Gasteiger partial charge in [-0.1, -0.05) is 41.4 Å². The van der Waals surface area contributed by atoms with Crippen LogP contribution in [-0.2, 0) is 6.54 Å². The van der Waals surface area contributed by atoms with E-state index in [0.29, 0.717) is 30.2 Å². The Morgan fingerprint density at radius 1 is 0.964 bits per heavy atom. The Morgan fingerprint density at radius 2 is 1.68 bits per heavy atom. The lowest BCUT2D eigenvalue weighted by molar-refractivity contribution is 0.0746. The van der Waals surface area contributed by atoms with E-state index in [1.807, 2.05) is 53.4 Å². The molecular weight excluding hydrogens is 395 g/mol. The highest BCUT2D eigenvalue weighted by molar-refractivity contribution is 6.31. The minimum atomic E-state index is 0.0150. The number of carbonyl (C=O) groups excluding carboxylic acids is 1. The van der Waals surface area contributed by atoms with Crippen molar-refractivity contribution >= 4 is 34.8 Å². The van der Waals surface area contributed by atoms with Gasteiger partial charge in [0.1, 0.15) is 0 Å². The van der Waals surface area contributed by atoms with Gasteiger partial charge in [-0.3, -0.25) is 9.48 Å². The normalized spacial score (nSPS) is 14.4. The predicted molar refractivity (Wildman–Crippen MR) is 112 cm³/mol. The predicted octanol–water partition coefficient (Wildman–Crippen LogP) is 4.20. The topological polar surface area (TPSA) is 41.4 Å². The van der Waals surface area contributed by atoms with Crippen LogP contribution < -0.4 is 4.90 Å². The maximum atomic E-state index is 12.8. The fourth-order valence-corrected chi connectivity index (χ4v) is 3.69. The molecule has 4 rings (SSSR count). The summed E-state index contributed by atoms with van der Waals surface area (Å²) < 4.78 is 1.75. The molecule has 1 aliphatic rings. The van der Waals surface area contributed by atoms with Gasteiger partial charge in [-0.05, 0) is 35.9 Å². The van der Waals surface area contributed by atoms with Crippen LogP contribution >= 0.6 is 23.2 Å². The van der Waals surface area contributed by atoms with E-state index in [2.05, 4.69) is 10.00 Å². The third-order valence-electron chi connectivity index (χ3n) is 4.93. The van der Waals surface area contributed by atoms with Gasteiger partial charge in [0.2, 0.25) is 0 Å². The van der Waals surface area contributed by atoms with Crippen molar-refractivity contribution < 1.29 is 4.79 Å². The van der Waals surface area contributed by atoms with Gasteiger partial charge in [0, 0.05) is 48.1 Å². The molecule has 1 aliphatic heterocycles. The standard InChI is InChI=1S/C21H20Cl2N4O/c22-18-5-7-19(8-6-18)25-9-11-26(12-10-25)21(28)17-13-24-27(15-17)14-16-3-1-2-4-20(16)23/h1-8,13,15H,9-12,14H2. The number of hydrogen-bond acceptors (Lipinski definition) is 3. The van der Waals surface area contributed by atoms with Gasteiger partial charge < -0.3 is 9.80 Å². The highest BCUT2D eigenvalue weighted by Crippen LogP contribution is 2.20. The molecule has 0 spiro atoms. The summed E-state index contributed by atoms with van der Waals surface area (Å²) in [6, 6.07) is 15.5. The summed E-state index contributed by atoms with van der Waals surface area (Å²) in [5.41, 5.74) is 2.71. The average Bonchev–Trinajstić information content (AvgIpc) is 3.18. The van der Waals surface area contributed by atoms with Crippen molar-refractivity contribution in [3.8, 4) is 0 Å². The molecule has 0 unspecified atom stereocenters. The molecule has 0 N–H and O–H groups in total. The Hall–Kier alpha value is -2.50. The van der Waals surface area contributed by atoms with Gasteiger partial charge >= 0.3 is 0 Å². The number of hydrogen-bond donors (Lipinski definition) is 0. The van der Waals surface area contributed by atoms with E-state index in [1.165, 1.54) is 0 Å². The number of amides is 1. The second kappa shape index (κ2) is 8.25. The molecule has 144 valence electrons. The third-order valence-corrected chi connectivity index (χ3v) is 5.55. The molecular formula is C21H20Cl2N4O. The SMILES string of the molecule is O=C(c1cnn(Cc2ccccc2Cl)c1)N1CCN(c2ccc(Cl)cc2)CC1. The molecule has 28 heavy (non-hydrogen) atoms. The van der Waals surface area contributed by atoms with Crippen molar-refractivity contribution in [3.63, 3.8) is 0 Å². The monoisotopic (exact) mass is 414 g/mol. The zero-order valence-electron chi connectivity index (χ0n) is 15.3. The Morgan fingerprint density at radius 3 is 2.39 bits per heavy atom. The lowest BCUT2D eigenvalue weighted by Crippen LogP contribution is -2.48. The van der Waals surface area contributed by atoms with Gasteiger partial charge in [0.05, 0.1) is 18.3 Å². The van der Waals surface area contributed by atoms with Crippen LogP contribution in [0.3, 0.4) is 0 Å². The molecule has 0 bridgehead atoms. The van der Waals surface area contributed by atoms with E-state index >= 15 is 0 Å². The minimum absolute atomic E-state index is 0.0150. The van der Waals surface area contributed by atoms with E-state index in [0.717, 1.165) is 29.4 Å². The quantitative estimate of drug-likeness (QED) is 0.642. The van der Waals surface area contributed by atoms with Crippen LogP contribution in [0.25, 0.3) is 0 Å². The summed E-state index contributed by atoms with van der Waals surface area (Å²) in [7, 11) is 0. The number of aromatic nitrogens is 2. The van der Waals surface area contributed by atoms with E-state index in [9.17, 15) is 4.79 Å². The lowest BCUT2D eigenvalue weighted by atomic mass is 10.2. The molecule has 1 amide bonds. The molecule has 7 heteroatoms. The fraction of sp³-hybridized carbons (Fsp3) is 0.238. The van der Waals surface area contributed by atoms with Gasteiger partial charge in [-0.15, -0.1) is 0 Å². The van der Waals surface area contributed by atoms with Gasteiger partial charge in [-0.2, -0.15) is 5.10 Å². The van der Waals surface area contributed by atoms with Crippen LogP contribution in [-0.4, -0.2) is 46.8 Å². The van der Waals surface area contributed by atoms with Crippen LogP contribution in [0, 0.1) is 0 Å². The zero-order chi connectivity index (χ0) is 19.5. The van der Waals surface area contributed by atoms with Crippen LogP contribution in [0.15, 0.2) is 60.9 Å². The fourth-order valence-electron chi connectivity index (χ4n) is 3.36. The molecule has 3 aromatic rings. The maximum absolute atomic E-state index is 12.8. The van der Waals surface area contributed by atoms with Crippen LogP contribution in [0.2, 0.25) is 10.0 Å². The first-order chi connectivity index (χ1) is 13.6. The summed E-state index contributed by atoms with van der Waals surface area (Å²) in [5, 5.41) is 5.75. The lowest BCUT2D eigenvalue weighted by Gasteiger charge is -2.36. The first kappa shape index (κ1) is 18.8. The Kier molecular flexibility index (Phi) is 5.55. The minimum Gasteiger partial charge on any atom is -0.368 e. The summed E-state index contributed by atoms with van der Waals surface area (Å²) in [4.78, 5) is 17.0. The van der Waals surface area contributed by atoms with E-state index in [1.54, 1.807) is 17.1 Å². The first-order valence-corrected chi connectivity index (χ1v) is 9.91. The number of benzene rings is 2. The molecule has 2 aromatic carbocycles. The Bertz CT molecular complexity index is 963. The zero-order valence-corrected chi connectivity index (χ0v) is 16.8. The summed E-state index contributed by atoms with van der Waals surface area (Å²) in [6.45, 7) is 3.48. The van der Waals surface area contributed by atoms with Crippen molar-refractivity contribution in [3.05, 3.63) is 82.1 Å². The molecule has 1 fully saturated rings. The molecule has 2 heterocycles. The molecule has 5 nitrogen and oxygen atoms in total. The highest BCUT2D eigenvalue weighted by Gasteiger charge is 2.23. The van der Waals surface area contributed by atoms with Crippen LogP contribution in [0.5, 0.6) is 0 Å². The molecule has 1 aromatic heterocycles. The maximum Gasteiger partial charge on any atom is 0.257 e. The molecule has 0 radical (unpaired) electrons. The smallest absolute Gasteiger partial charge is 0.257 e. The van der Waals surface area contributed by atoms with E-state index in [4.69, 9.17) is 23.2 Å². The third kappa shape index (κ3) is 4.16. The number of nitrogens with zero attached hydrogens (tertiary/aromatic N) is 4. The molecule has 0 atom stereocenters. The second-order valence-corrected chi connectivity index (χ2v) is 7.62. The first-order valence-electron chi connectivity index (χ1n) is 9.16. The summed E-state index contributed by atoms with van der Waals surface area (Å²) in [5.74, 6) is 0.0150. The van der Waals surface area contributed by atoms with Crippen molar-refractivity contribution in [1.82, 2.24) is 14.7 Å². The van der Waals surface area contributed by atoms with Gasteiger partial charge in [0.15, 0.2) is 0 Å². The van der Waals surface area contributed by atoms with Crippen molar-refractivity contribution in [1.29, 1.82) is 0 Å².